The first-order valence-corrected chi connectivity index (χ1v) is 9.43. The van der Waals surface area contributed by atoms with Gasteiger partial charge in [0, 0.05) is 37.2 Å². The standard InChI is InChI=1S/C21H23FN2O3/c1-14(26-19-7-3-2-6-18(19)22)21(25)24-15-9-10-16(24)13-17(12-15)27-20-8-4-5-11-23-20/h2-8,11,14-17H,9-10,12-13H2,1H3. The van der Waals surface area contributed by atoms with Crippen molar-refractivity contribution in [3.8, 4) is 11.6 Å². The number of aromatic nitrogens is 1. The van der Waals surface area contributed by atoms with E-state index < -0.39 is 11.9 Å². The highest BCUT2D eigenvalue weighted by Gasteiger charge is 2.45. The van der Waals surface area contributed by atoms with Crippen LogP contribution in [0.1, 0.15) is 32.6 Å². The Bertz CT molecular complexity index is 787. The van der Waals surface area contributed by atoms with Gasteiger partial charge in [0.1, 0.15) is 6.10 Å². The molecule has 27 heavy (non-hydrogen) atoms. The summed E-state index contributed by atoms with van der Waals surface area (Å²) in [5.74, 6) is 0.196. The van der Waals surface area contributed by atoms with E-state index in [4.69, 9.17) is 9.47 Å². The summed E-state index contributed by atoms with van der Waals surface area (Å²) in [4.78, 5) is 19.1. The number of rotatable bonds is 5. The van der Waals surface area contributed by atoms with Gasteiger partial charge in [-0.3, -0.25) is 4.79 Å². The smallest absolute Gasteiger partial charge is 0.263 e. The van der Waals surface area contributed by atoms with E-state index >= 15 is 0 Å². The van der Waals surface area contributed by atoms with E-state index in [1.165, 1.54) is 6.07 Å². The van der Waals surface area contributed by atoms with Crippen LogP contribution < -0.4 is 9.47 Å². The van der Waals surface area contributed by atoms with Crippen LogP contribution in [0.4, 0.5) is 4.39 Å². The number of hydrogen-bond donors (Lipinski definition) is 0. The average Bonchev–Trinajstić information content (AvgIpc) is 2.94. The number of para-hydroxylation sites is 1. The molecule has 2 saturated heterocycles. The van der Waals surface area contributed by atoms with Crippen LogP contribution >= 0.6 is 0 Å². The molecule has 2 aromatic rings. The van der Waals surface area contributed by atoms with Crippen LogP contribution in [0.15, 0.2) is 48.7 Å². The third-order valence-electron chi connectivity index (χ3n) is 5.36. The number of carbonyl (C=O) groups excluding carboxylic acids is 1. The lowest BCUT2D eigenvalue weighted by Crippen LogP contribution is -2.53. The lowest BCUT2D eigenvalue weighted by molar-refractivity contribution is -0.144. The molecule has 2 aliphatic rings. The molecule has 0 saturated carbocycles. The van der Waals surface area contributed by atoms with E-state index in [2.05, 4.69) is 4.98 Å². The number of benzene rings is 1. The Kier molecular flexibility index (Phi) is 4.97. The fraction of sp³-hybridized carbons (Fsp3) is 0.429. The molecule has 4 rings (SSSR count). The van der Waals surface area contributed by atoms with Crippen LogP contribution in [0, 0.1) is 5.82 Å². The second kappa shape index (κ2) is 7.55. The van der Waals surface area contributed by atoms with E-state index in [0.29, 0.717) is 5.88 Å². The van der Waals surface area contributed by atoms with Crippen LogP contribution in [0.5, 0.6) is 11.6 Å². The van der Waals surface area contributed by atoms with Crippen molar-refractivity contribution in [3.63, 3.8) is 0 Å². The van der Waals surface area contributed by atoms with Crippen molar-refractivity contribution in [1.29, 1.82) is 0 Å². The van der Waals surface area contributed by atoms with Crippen LogP contribution in [0.2, 0.25) is 0 Å². The van der Waals surface area contributed by atoms with E-state index in [-0.39, 0.29) is 29.8 Å². The van der Waals surface area contributed by atoms with Crippen LogP contribution in [-0.2, 0) is 4.79 Å². The van der Waals surface area contributed by atoms with Gasteiger partial charge in [0.25, 0.3) is 5.91 Å². The van der Waals surface area contributed by atoms with E-state index in [0.717, 1.165) is 25.7 Å². The van der Waals surface area contributed by atoms with Crippen molar-refractivity contribution in [2.24, 2.45) is 0 Å². The quantitative estimate of drug-likeness (QED) is 0.807. The molecule has 0 radical (unpaired) electrons. The lowest BCUT2D eigenvalue weighted by atomic mass is 9.99. The molecule has 1 amide bonds. The Morgan fingerprint density at radius 3 is 2.52 bits per heavy atom. The van der Waals surface area contributed by atoms with Crippen LogP contribution in [0.3, 0.4) is 0 Å². The van der Waals surface area contributed by atoms with Crippen molar-refractivity contribution in [2.45, 2.75) is 56.9 Å². The van der Waals surface area contributed by atoms with Crippen molar-refractivity contribution in [2.75, 3.05) is 0 Å². The minimum absolute atomic E-state index is 0.0595. The van der Waals surface area contributed by atoms with Crippen molar-refractivity contribution >= 4 is 5.91 Å². The SMILES string of the molecule is CC(Oc1ccccc1F)C(=O)N1C2CCC1CC(Oc1ccccn1)C2. The number of hydrogen-bond acceptors (Lipinski definition) is 4. The van der Waals surface area contributed by atoms with E-state index in [1.807, 2.05) is 23.1 Å². The summed E-state index contributed by atoms with van der Waals surface area (Å²) in [7, 11) is 0. The summed E-state index contributed by atoms with van der Waals surface area (Å²) < 4.78 is 25.4. The highest BCUT2D eigenvalue weighted by atomic mass is 19.1. The second-order valence-electron chi connectivity index (χ2n) is 7.20. The highest BCUT2D eigenvalue weighted by molar-refractivity contribution is 5.82. The first-order valence-electron chi connectivity index (χ1n) is 9.43. The number of ether oxygens (including phenoxy) is 2. The van der Waals surface area contributed by atoms with Gasteiger partial charge >= 0.3 is 0 Å². The van der Waals surface area contributed by atoms with Gasteiger partial charge in [-0.25, -0.2) is 9.37 Å². The minimum atomic E-state index is -0.724. The summed E-state index contributed by atoms with van der Waals surface area (Å²) in [5.41, 5.74) is 0. The number of fused-ring (bicyclic) bond motifs is 2. The first-order chi connectivity index (χ1) is 13.1. The molecule has 0 N–H and O–H groups in total. The van der Waals surface area contributed by atoms with Crippen LogP contribution in [0.25, 0.3) is 0 Å². The number of pyridine rings is 1. The Balaban J connectivity index is 1.40. The summed E-state index contributed by atoms with van der Waals surface area (Å²) in [6.45, 7) is 1.69. The van der Waals surface area contributed by atoms with Crippen molar-refractivity contribution in [1.82, 2.24) is 9.88 Å². The lowest BCUT2D eigenvalue weighted by Gasteiger charge is -2.39. The molecule has 2 aliphatic heterocycles. The molecule has 2 fully saturated rings. The van der Waals surface area contributed by atoms with Crippen molar-refractivity contribution < 1.29 is 18.7 Å². The summed E-state index contributed by atoms with van der Waals surface area (Å²) in [6.07, 6.45) is 4.54. The maximum atomic E-state index is 13.8. The van der Waals surface area contributed by atoms with Gasteiger partial charge in [-0.05, 0) is 38.0 Å². The third kappa shape index (κ3) is 3.75. The van der Waals surface area contributed by atoms with Gasteiger partial charge in [0.05, 0.1) is 0 Å². The molecule has 6 heteroatoms. The molecule has 142 valence electrons. The zero-order valence-electron chi connectivity index (χ0n) is 15.3. The number of carbonyl (C=O) groups is 1. The molecule has 3 unspecified atom stereocenters. The zero-order valence-corrected chi connectivity index (χ0v) is 15.3. The fourth-order valence-corrected chi connectivity index (χ4v) is 4.16. The number of nitrogens with zero attached hydrogens (tertiary/aromatic N) is 2. The monoisotopic (exact) mass is 370 g/mol. The topological polar surface area (TPSA) is 51.7 Å². The average molecular weight is 370 g/mol. The molecule has 1 aromatic carbocycles. The number of amides is 1. The first kappa shape index (κ1) is 17.8. The summed E-state index contributed by atoms with van der Waals surface area (Å²) in [6, 6.07) is 12.0. The molecule has 2 bridgehead atoms. The molecule has 0 spiro atoms. The van der Waals surface area contributed by atoms with Gasteiger partial charge in [0.2, 0.25) is 5.88 Å². The van der Waals surface area contributed by atoms with Gasteiger partial charge < -0.3 is 14.4 Å². The Morgan fingerprint density at radius 2 is 1.85 bits per heavy atom. The molecule has 3 heterocycles. The van der Waals surface area contributed by atoms with Gasteiger partial charge in [-0.1, -0.05) is 18.2 Å². The molecule has 1 aromatic heterocycles. The Morgan fingerprint density at radius 1 is 1.15 bits per heavy atom. The number of piperidine rings is 1. The van der Waals surface area contributed by atoms with Gasteiger partial charge in [-0.15, -0.1) is 0 Å². The predicted molar refractivity (Wildman–Crippen MR) is 98.0 cm³/mol. The van der Waals surface area contributed by atoms with Crippen molar-refractivity contribution in [3.05, 3.63) is 54.5 Å². The maximum absolute atomic E-state index is 13.8. The largest absolute Gasteiger partial charge is 0.478 e. The fourth-order valence-electron chi connectivity index (χ4n) is 4.16. The van der Waals surface area contributed by atoms with Gasteiger partial charge in [-0.2, -0.15) is 0 Å². The minimum Gasteiger partial charge on any atom is -0.478 e. The van der Waals surface area contributed by atoms with Gasteiger partial charge in [0.15, 0.2) is 17.7 Å². The van der Waals surface area contributed by atoms with E-state index in [1.54, 1.807) is 31.3 Å². The molecule has 3 atom stereocenters. The Labute approximate surface area is 158 Å². The third-order valence-corrected chi connectivity index (χ3v) is 5.36. The molecular formula is C21H23FN2O3. The Hall–Kier alpha value is -2.63. The molecule has 5 nitrogen and oxygen atoms in total. The highest BCUT2D eigenvalue weighted by Crippen LogP contribution is 2.37. The summed E-state index contributed by atoms with van der Waals surface area (Å²) in [5, 5.41) is 0. The van der Waals surface area contributed by atoms with Crippen LogP contribution in [-0.4, -0.2) is 40.1 Å². The second-order valence-corrected chi connectivity index (χ2v) is 7.20. The normalized spacial score (nSPS) is 25.1. The van der Waals surface area contributed by atoms with E-state index in [9.17, 15) is 9.18 Å². The summed E-state index contributed by atoms with van der Waals surface area (Å²) >= 11 is 0. The zero-order chi connectivity index (χ0) is 18.8. The molecule has 0 aliphatic carbocycles. The predicted octanol–water partition coefficient (Wildman–Crippen LogP) is 3.59. The maximum Gasteiger partial charge on any atom is 0.263 e. The molecular weight excluding hydrogens is 347 g/mol. The number of halogens is 1.